The molecule has 0 aromatic carbocycles. The van der Waals surface area contributed by atoms with Crippen LogP contribution >= 0.6 is 11.8 Å². The van der Waals surface area contributed by atoms with Crippen LogP contribution in [0.5, 0.6) is 0 Å². The molecule has 0 amide bonds. The molecule has 0 aromatic heterocycles. The molecule has 5 saturated carbocycles. The predicted molar refractivity (Wildman–Crippen MR) is 166 cm³/mol. The van der Waals surface area contributed by atoms with E-state index in [2.05, 4.69) is 39.5 Å². The Kier molecular flexibility index (Phi) is 7.40. The lowest BCUT2D eigenvalue weighted by molar-refractivity contribution is -0.221. The van der Waals surface area contributed by atoms with E-state index in [1.165, 1.54) is 0 Å². The lowest BCUT2D eigenvalue weighted by Gasteiger charge is -2.64. The summed E-state index contributed by atoms with van der Waals surface area (Å²) >= 11 is 6.05. The molecule has 43 heavy (non-hydrogen) atoms. The van der Waals surface area contributed by atoms with Crippen molar-refractivity contribution in [3.63, 3.8) is 0 Å². The van der Waals surface area contributed by atoms with Gasteiger partial charge in [-0.25, -0.2) is 4.84 Å². The fourth-order valence-corrected chi connectivity index (χ4v) is 13.2. The summed E-state index contributed by atoms with van der Waals surface area (Å²) in [6.07, 6.45) is 6.54. The molecular weight excluding hydrogens is 566 g/mol. The number of carbonyl (C=O) groups excluding carboxylic acids is 1. The molecule has 1 heterocycles. The van der Waals surface area contributed by atoms with Crippen LogP contribution in [0.1, 0.15) is 120 Å². The number of fused-ring (bicyclic) bond motifs is 2. The van der Waals surface area contributed by atoms with Crippen LogP contribution in [-0.4, -0.2) is 62.9 Å². The highest BCUT2D eigenvalue weighted by Crippen LogP contribution is 2.89. The number of rotatable bonds is 6. The van der Waals surface area contributed by atoms with E-state index in [1.54, 1.807) is 0 Å². The number of aliphatic hydroxyl groups is 3. The molecule has 1 aliphatic heterocycles. The Bertz CT molecular complexity index is 1140. The van der Waals surface area contributed by atoms with E-state index < -0.39 is 29.5 Å². The maximum absolute atomic E-state index is 13.6. The highest BCUT2D eigenvalue weighted by molar-refractivity contribution is 6.14. The minimum atomic E-state index is -0.928. The van der Waals surface area contributed by atoms with Crippen LogP contribution in [0.3, 0.4) is 0 Å². The normalized spacial score (nSPS) is 52.6. The van der Waals surface area contributed by atoms with Crippen molar-refractivity contribution < 1.29 is 29.6 Å². The zero-order valence-corrected chi connectivity index (χ0v) is 28.8. The monoisotopic (exact) mass is 623 g/mol. The van der Waals surface area contributed by atoms with Crippen molar-refractivity contribution in [2.45, 2.75) is 162 Å². The number of hydrogen-bond acceptors (Lipinski definition) is 7. The summed E-state index contributed by atoms with van der Waals surface area (Å²) < 4.78 is 13.3. The number of halogens is 1. The first-order valence-electron chi connectivity index (χ1n) is 17.1. The molecule has 7 nitrogen and oxygen atoms in total. The van der Waals surface area contributed by atoms with E-state index in [4.69, 9.17) is 21.3 Å². The van der Waals surface area contributed by atoms with Crippen molar-refractivity contribution in [3.8, 4) is 0 Å². The van der Waals surface area contributed by atoms with Gasteiger partial charge in [0.25, 0.3) is 0 Å². The SMILES string of the molecule is CC(C)[C@@H](NCl)C(=O)O[C@H]1CC2C3(CC[C@]4(C)C([C@@]5(C)CC[C@@H](C(C)(C)O)O5)C(O)C[C@@]24C)C[C@@]32CC[C@H](O)C(C)(C)[C@H]12. The Labute approximate surface area is 264 Å². The molecule has 5 aliphatic carbocycles. The number of hydrogen-bond donors (Lipinski definition) is 4. The molecule has 246 valence electrons. The standard InChI is InChI=1S/C35H58ClNO6/c1-19(2)25(37-36)28(40)42-21-16-22-32(8)17-20(38)26(33(9)12-11-24(43-33)30(5,6)41)31(32,7)14-15-34(22)18-35(34)13-10-23(39)29(3,4)27(21)35/h19-27,37-39,41H,10-18H2,1-9H3/t20?,21-,22?,23-,24-,25+,26?,27-,31+,32-,33+,34?,35+/m0/s1. The van der Waals surface area contributed by atoms with Crippen molar-refractivity contribution in [1.82, 2.24) is 4.84 Å². The average molecular weight is 624 g/mol. The fraction of sp³-hybridized carbons (Fsp3) is 0.971. The Balaban J connectivity index is 1.39. The molecule has 4 unspecified atom stereocenters. The molecule has 0 bridgehead atoms. The molecule has 6 aliphatic rings. The van der Waals surface area contributed by atoms with Gasteiger partial charge in [-0.2, -0.15) is 0 Å². The first-order chi connectivity index (χ1) is 19.7. The van der Waals surface area contributed by atoms with Crippen molar-refractivity contribution >= 4 is 17.7 Å². The van der Waals surface area contributed by atoms with E-state index in [9.17, 15) is 20.1 Å². The van der Waals surface area contributed by atoms with Crippen molar-refractivity contribution in [3.05, 3.63) is 0 Å². The van der Waals surface area contributed by atoms with Gasteiger partial charge in [-0.05, 0) is 129 Å². The van der Waals surface area contributed by atoms with Crippen LogP contribution in [-0.2, 0) is 14.3 Å². The molecule has 2 spiro atoms. The Hall–Kier alpha value is -0.440. The Morgan fingerprint density at radius 2 is 1.65 bits per heavy atom. The lowest BCUT2D eigenvalue weighted by Crippen LogP contribution is -2.63. The number of aliphatic hydroxyl groups excluding tert-OH is 2. The zero-order chi connectivity index (χ0) is 31.8. The number of carbonyl (C=O) groups is 1. The summed E-state index contributed by atoms with van der Waals surface area (Å²) in [5.41, 5.74) is -2.00. The van der Waals surface area contributed by atoms with Crippen LogP contribution in [0, 0.1) is 50.7 Å². The van der Waals surface area contributed by atoms with E-state index in [0.29, 0.717) is 6.42 Å². The van der Waals surface area contributed by atoms with Crippen LogP contribution < -0.4 is 4.84 Å². The third kappa shape index (κ3) is 4.19. The van der Waals surface area contributed by atoms with Gasteiger partial charge in [-0.1, -0.05) is 41.5 Å². The quantitative estimate of drug-likeness (QED) is 0.220. The summed E-state index contributed by atoms with van der Waals surface area (Å²) in [5.74, 6) is -0.0145. The molecule has 4 N–H and O–H groups in total. The first-order valence-corrected chi connectivity index (χ1v) is 17.4. The smallest absolute Gasteiger partial charge is 0.324 e. The molecule has 0 radical (unpaired) electrons. The summed E-state index contributed by atoms with van der Waals surface area (Å²) in [6, 6.07) is -0.604. The molecule has 13 atom stereocenters. The Morgan fingerprint density at radius 3 is 2.23 bits per heavy atom. The Morgan fingerprint density at radius 1 is 0.977 bits per heavy atom. The average Bonchev–Trinajstić information content (AvgIpc) is 3.24. The van der Waals surface area contributed by atoms with Crippen molar-refractivity contribution in [2.75, 3.05) is 0 Å². The third-order valence-electron chi connectivity index (χ3n) is 15.1. The lowest BCUT2D eigenvalue weighted by atomic mass is 9.41. The summed E-state index contributed by atoms with van der Waals surface area (Å²) in [5, 5.41) is 34.1. The van der Waals surface area contributed by atoms with Gasteiger partial charge in [0.05, 0.1) is 29.5 Å². The summed E-state index contributed by atoms with van der Waals surface area (Å²) in [6.45, 7) is 18.9. The highest BCUT2D eigenvalue weighted by Gasteiger charge is 2.85. The maximum Gasteiger partial charge on any atom is 0.324 e. The molecular formula is C35H58ClNO6. The number of ether oxygens (including phenoxy) is 2. The topological polar surface area (TPSA) is 108 Å². The minimum Gasteiger partial charge on any atom is -0.461 e. The zero-order valence-electron chi connectivity index (χ0n) is 28.0. The van der Waals surface area contributed by atoms with Gasteiger partial charge in [0, 0.05) is 11.8 Å². The third-order valence-corrected chi connectivity index (χ3v) is 15.3. The van der Waals surface area contributed by atoms with Crippen LogP contribution in [0.4, 0.5) is 0 Å². The van der Waals surface area contributed by atoms with Gasteiger partial charge in [-0.15, -0.1) is 0 Å². The fourth-order valence-electron chi connectivity index (χ4n) is 12.9. The van der Waals surface area contributed by atoms with E-state index in [-0.39, 0.29) is 68.9 Å². The number of nitrogens with one attached hydrogen (secondary N) is 1. The summed E-state index contributed by atoms with van der Waals surface area (Å²) in [7, 11) is 0. The molecule has 6 fully saturated rings. The number of esters is 1. The van der Waals surface area contributed by atoms with Crippen molar-refractivity contribution in [1.29, 1.82) is 0 Å². The van der Waals surface area contributed by atoms with Gasteiger partial charge < -0.3 is 24.8 Å². The molecule has 8 heteroatoms. The van der Waals surface area contributed by atoms with Crippen LogP contribution in [0.25, 0.3) is 0 Å². The van der Waals surface area contributed by atoms with Gasteiger partial charge in [0.15, 0.2) is 0 Å². The van der Waals surface area contributed by atoms with Gasteiger partial charge in [0.2, 0.25) is 0 Å². The summed E-state index contributed by atoms with van der Waals surface area (Å²) in [4.78, 5) is 16.3. The largest absolute Gasteiger partial charge is 0.461 e. The molecule has 1 saturated heterocycles. The minimum absolute atomic E-state index is 0.0198. The maximum atomic E-state index is 13.6. The van der Waals surface area contributed by atoms with Crippen LogP contribution in [0.2, 0.25) is 0 Å². The van der Waals surface area contributed by atoms with E-state index >= 15 is 0 Å². The van der Waals surface area contributed by atoms with Crippen LogP contribution in [0.15, 0.2) is 0 Å². The molecule has 0 aromatic rings. The first kappa shape index (κ1) is 32.5. The second kappa shape index (κ2) is 9.79. The second-order valence-electron chi connectivity index (χ2n) is 18.1. The molecule has 6 rings (SSSR count). The van der Waals surface area contributed by atoms with E-state index in [1.807, 2.05) is 27.7 Å². The van der Waals surface area contributed by atoms with Crippen molar-refractivity contribution in [2.24, 2.45) is 50.7 Å². The van der Waals surface area contributed by atoms with Gasteiger partial charge in [0.1, 0.15) is 12.1 Å². The predicted octanol–water partition coefficient (Wildman–Crippen LogP) is 5.76. The van der Waals surface area contributed by atoms with Gasteiger partial charge in [-0.3, -0.25) is 4.79 Å². The second-order valence-corrected chi connectivity index (χ2v) is 18.4. The highest BCUT2D eigenvalue weighted by atomic mass is 35.5. The van der Waals surface area contributed by atoms with E-state index in [0.717, 1.165) is 51.4 Å². The van der Waals surface area contributed by atoms with Gasteiger partial charge >= 0.3 is 5.97 Å².